The molecule has 2 heterocycles. The summed E-state index contributed by atoms with van der Waals surface area (Å²) in [7, 11) is 0. The third kappa shape index (κ3) is 2.18. The van der Waals surface area contributed by atoms with E-state index in [1.807, 2.05) is 11.8 Å². The first-order valence-corrected chi connectivity index (χ1v) is 8.08. The van der Waals surface area contributed by atoms with E-state index in [2.05, 4.69) is 76.1 Å². The molecular weight excluding hydrogens is 276 g/mol. The number of hydrogen-bond acceptors (Lipinski definition) is 1. The molecule has 1 aliphatic heterocycles. The second kappa shape index (κ2) is 5.08. The maximum Gasteiger partial charge on any atom is 0.323 e. The van der Waals surface area contributed by atoms with Crippen LogP contribution in [0.3, 0.4) is 0 Å². The molecule has 0 aliphatic carbocycles. The number of para-hydroxylation sites is 2. The van der Waals surface area contributed by atoms with Crippen molar-refractivity contribution in [3.05, 3.63) is 71.1 Å². The number of nitrogens with zero attached hydrogens (tertiary/aromatic N) is 2. The van der Waals surface area contributed by atoms with Crippen LogP contribution in [0.5, 0.6) is 0 Å². The van der Waals surface area contributed by atoms with Gasteiger partial charge in [0.05, 0.1) is 0 Å². The molecular formula is C18H17N2S+. The average molecular weight is 293 g/mol. The van der Waals surface area contributed by atoms with Gasteiger partial charge in [0.25, 0.3) is 0 Å². The average Bonchev–Trinajstić information content (AvgIpc) is 2.82. The van der Waals surface area contributed by atoms with Gasteiger partial charge in [0, 0.05) is 0 Å². The second-order valence-electron chi connectivity index (χ2n) is 5.51. The fraction of sp³-hybridized carbons (Fsp3) is 0.167. The van der Waals surface area contributed by atoms with Crippen molar-refractivity contribution in [1.29, 1.82) is 0 Å². The molecule has 21 heavy (non-hydrogen) atoms. The maximum atomic E-state index is 2.43. The molecule has 2 nitrogen and oxygen atoms in total. The summed E-state index contributed by atoms with van der Waals surface area (Å²) in [4.78, 5) is 0. The minimum absolute atomic E-state index is 0.920. The minimum Gasteiger partial charge on any atom is -0.213 e. The van der Waals surface area contributed by atoms with Crippen molar-refractivity contribution >= 4 is 22.8 Å². The Bertz CT molecular complexity index is 831. The highest BCUT2D eigenvalue weighted by Crippen LogP contribution is 2.28. The van der Waals surface area contributed by atoms with Gasteiger partial charge >= 0.3 is 5.16 Å². The molecule has 0 N–H and O–H groups in total. The molecule has 3 heteroatoms. The molecule has 104 valence electrons. The Morgan fingerprint density at radius 1 is 1.05 bits per heavy atom. The summed E-state index contributed by atoms with van der Waals surface area (Å²) in [5, 5.41) is 3.60. The van der Waals surface area contributed by atoms with Crippen LogP contribution in [0.1, 0.15) is 12.5 Å². The molecule has 4 rings (SSSR count). The largest absolute Gasteiger partial charge is 0.323 e. The van der Waals surface area contributed by atoms with Crippen LogP contribution in [0.2, 0.25) is 0 Å². The third-order valence-electron chi connectivity index (χ3n) is 3.88. The summed E-state index contributed by atoms with van der Waals surface area (Å²) in [6, 6.07) is 19.4. The van der Waals surface area contributed by atoms with Crippen LogP contribution in [0.4, 0.5) is 0 Å². The molecule has 0 atom stereocenters. The molecule has 1 aliphatic rings. The van der Waals surface area contributed by atoms with Crippen molar-refractivity contribution < 1.29 is 4.57 Å². The molecule has 0 saturated carbocycles. The predicted octanol–water partition coefficient (Wildman–Crippen LogP) is 3.99. The zero-order valence-corrected chi connectivity index (χ0v) is 12.8. The Labute approximate surface area is 128 Å². The quantitative estimate of drug-likeness (QED) is 0.649. The van der Waals surface area contributed by atoms with E-state index in [4.69, 9.17) is 0 Å². The first kappa shape index (κ1) is 12.7. The smallest absolute Gasteiger partial charge is 0.213 e. The van der Waals surface area contributed by atoms with Crippen LogP contribution in [-0.2, 0) is 13.1 Å². The zero-order valence-electron chi connectivity index (χ0n) is 12.0. The maximum absolute atomic E-state index is 2.43. The van der Waals surface area contributed by atoms with Crippen LogP contribution in [0.25, 0.3) is 11.0 Å². The molecule has 0 radical (unpaired) electrons. The van der Waals surface area contributed by atoms with Crippen molar-refractivity contribution in [2.75, 3.05) is 0 Å². The molecule has 0 spiro atoms. The van der Waals surface area contributed by atoms with Crippen LogP contribution in [0, 0.1) is 0 Å². The first-order valence-electron chi connectivity index (χ1n) is 7.20. The van der Waals surface area contributed by atoms with E-state index in [1.165, 1.54) is 27.3 Å². The van der Waals surface area contributed by atoms with E-state index in [1.54, 1.807) is 0 Å². The summed E-state index contributed by atoms with van der Waals surface area (Å²) < 4.78 is 4.86. The SMILES string of the molecule is CC1=CSc2n(Cc3ccccc3)c3ccccc3[n+]2C1. The predicted molar refractivity (Wildman–Crippen MR) is 87.3 cm³/mol. The van der Waals surface area contributed by atoms with Gasteiger partial charge in [0.1, 0.15) is 13.1 Å². The fourth-order valence-corrected chi connectivity index (χ4v) is 3.87. The number of rotatable bonds is 2. The van der Waals surface area contributed by atoms with E-state index in [0.29, 0.717) is 0 Å². The zero-order chi connectivity index (χ0) is 14.2. The van der Waals surface area contributed by atoms with Crippen LogP contribution < -0.4 is 4.57 Å². The van der Waals surface area contributed by atoms with Crippen LogP contribution in [0.15, 0.2) is 70.7 Å². The number of hydrogen-bond donors (Lipinski definition) is 0. The summed E-state index contributed by atoms with van der Waals surface area (Å²) in [6.45, 7) is 4.11. The first-order chi connectivity index (χ1) is 10.3. The highest BCUT2D eigenvalue weighted by molar-refractivity contribution is 8.01. The van der Waals surface area contributed by atoms with Gasteiger partial charge in [0.15, 0.2) is 11.0 Å². The number of thioether (sulfide) groups is 1. The summed E-state index contributed by atoms with van der Waals surface area (Å²) in [5.41, 5.74) is 5.39. The van der Waals surface area contributed by atoms with E-state index < -0.39 is 0 Å². The molecule has 1 aromatic heterocycles. The lowest BCUT2D eigenvalue weighted by atomic mass is 10.2. The van der Waals surface area contributed by atoms with Gasteiger partial charge in [-0.15, -0.1) is 0 Å². The second-order valence-corrected chi connectivity index (χ2v) is 6.35. The lowest BCUT2D eigenvalue weighted by molar-refractivity contribution is -0.703. The molecule has 0 unspecified atom stereocenters. The summed E-state index contributed by atoms with van der Waals surface area (Å²) in [6.07, 6.45) is 0. The molecule has 3 aromatic rings. The van der Waals surface area contributed by atoms with Gasteiger partial charge in [-0.1, -0.05) is 42.5 Å². The lowest BCUT2D eigenvalue weighted by Gasteiger charge is -2.08. The normalized spacial score (nSPS) is 14.0. The van der Waals surface area contributed by atoms with Crippen molar-refractivity contribution in [3.8, 4) is 0 Å². The molecule has 0 saturated heterocycles. The van der Waals surface area contributed by atoms with Crippen LogP contribution in [-0.4, -0.2) is 4.57 Å². The van der Waals surface area contributed by atoms with E-state index >= 15 is 0 Å². The standard InChI is InChI=1S/C18H17N2S/c1-14-11-19-16-9-5-6-10-17(16)20(18(19)21-13-14)12-15-7-3-2-4-8-15/h2-10,13H,11-12H2,1H3/q+1. The Morgan fingerprint density at radius 2 is 1.81 bits per heavy atom. The number of benzene rings is 2. The molecule has 0 bridgehead atoms. The van der Waals surface area contributed by atoms with Gasteiger partial charge in [-0.3, -0.25) is 0 Å². The number of allylic oxidation sites excluding steroid dienone is 1. The van der Waals surface area contributed by atoms with Gasteiger partial charge in [0.2, 0.25) is 0 Å². The Morgan fingerprint density at radius 3 is 2.67 bits per heavy atom. The third-order valence-corrected chi connectivity index (χ3v) is 5.05. The summed E-state index contributed by atoms with van der Waals surface area (Å²) in [5.74, 6) is 0. The number of imidazole rings is 1. The van der Waals surface area contributed by atoms with Gasteiger partial charge in [-0.05, 0) is 47.4 Å². The highest BCUT2D eigenvalue weighted by atomic mass is 32.2. The van der Waals surface area contributed by atoms with Crippen LogP contribution >= 0.6 is 11.8 Å². The van der Waals surface area contributed by atoms with E-state index in [-0.39, 0.29) is 0 Å². The number of fused-ring (bicyclic) bond motifs is 3. The van der Waals surface area contributed by atoms with Gasteiger partial charge in [-0.25, -0.2) is 9.13 Å². The molecule has 0 amide bonds. The monoisotopic (exact) mass is 293 g/mol. The lowest BCUT2D eigenvalue weighted by Crippen LogP contribution is -2.37. The Balaban J connectivity index is 1.89. The van der Waals surface area contributed by atoms with E-state index in [9.17, 15) is 0 Å². The Hall–Kier alpha value is -2.00. The number of aromatic nitrogens is 2. The molecule has 2 aromatic carbocycles. The van der Waals surface area contributed by atoms with Crippen molar-refractivity contribution in [3.63, 3.8) is 0 Å². The van der Waals surface area contributed by atoms with Crippen molar-refractivity contribution in [1.82, 2.24) is 4.57 Å². The van der Waals surface area contributed by atoms with Gasteiger partial charge < -0.3 is 0 Å². The Kier molecular flexibility index (Phi) is 3.08. The molecule has 0 fully saturated rings. The van der Waals surface area contributed by atoms with E-state index in [0.717, 1.165) is 13.1 Å². The fourth-order valence-electron chi connectivity index (χ4n) is 2.91. The topological polar surface area (TPSA) is 8.81 Å². The van der Waals surface area contributed by atoms with Gasteiger partial charge in [-0.2, -0.15) is 0 Å². The van der Waals surface area contributed by atoms with Crippen molar-refractivity contribution in [2.45, 2.75) is 25.2 Å². The minimum atomic E-state index is 0.920. The van der Waals surface area contributed by atoms with Crippen molar-refractivity contribution in [2.24, 2.45) is 0 Å². The highest BCUT2D eigenvalue weighted by Gasteiger charge is 2.27. The summed E-state index contributed by atoms with van der Waals surface area (Å²) >= 11 is 1.83.